The predicted octanol–water partition coefficient (Wildman–Crippen LogP) is 1.73. The maximum atomic E-state index is 13.8. The third-order valence-electron chi connectivity index (χ3n) is 4.08. The maximum Gasteiger partial charge on any atom is 0.236 e. The van der Waals surface area contributed by atoms with Crippen molar-refractivity contribution in [3.63, 3.8) is 0 Å². The second-order valence-electron chi connectivity index (χ2n) is 5.79. The molecule has 114 valence electrons. The molecule has 1 N–H and O–H groups in total. The minimum atomic E-state index is -0.368. The molecule has 1 aliphatic heterocycles. The molecule has 1 saturated heterocycles. The van der Waals surface area contributed by atoms with Crippen LogP contribution in [0.2, 0.25) is 0 Å². The van der Waals surface area contributed by atoms with Crippen LogP contribution in [0.4, 0.5) is 4.39 Å². The maximum absolute atomic E-state index is 13.8. The third kappa shape index (κ3) is 3.80. The molecule has 2 aliphatic rings. The average molecular weight is 292 g/mol. The van der Waals surface area contributed by atoms with E-state index in [1.807, 2.05) is 0 Å². The largest absolute Gasteiger partial charge is 0.370 e. The van der Waals surface area contributed by atoms with Crippen molar-refractivity contribution < 1.29 is 13.9 Å². The third-order valence-corrected chi connectivity index (χ3v) is 4.08. The zero-order valence-corrected chi connectivity index (χ0v) is 12.1. The number of ether oxygens (including phenoxy) is 1. The van der Waals surface area contributed by atoms with E-state index < -0.39 is 0 Å². The van der Waals surface area contributed by atoms with Crippen LogP contribution in [0, 0.1) is 11.7 Å². The molecule has 21 heavy (non-hydrogen) atoms. The van der Waals surface area contributed by atoms with Gasteiger partial charge < -0.3 is 15.0 Å². The Labute approximate surface area is 124 Å². The van der Waals surface area contributed by atoms with Gasteiger partial charge >= 0.3 is 0 Å². The Morgan fingerprint density at radius 3 is 2.95 bits per heavy atom. The summed E-state index contributed by atoms with van der Waals surface area (Å²) in [7, 11) is 0. The number of morpholine rings is 1. The van der Waals surface area contributed by atoms with Crippen molar-refractivity contribution in [2.75, 3.05) is 32.8 Å². The standard InChI is InChI=1S/C16H21FN2O2/c17-14-4-2-1-3-13(14)15-11-19(7-8-21-15)16(20)10-18-9-12-5-6-12/h1-4,12,15,18H,5-11H2. The Bertz CT molecular complexity index is 505. The lowest BCUT2D eigenvalue weighted by Crippen LogP contribution is -2.46. The molecule has 5 heteroatoms. The number of hydrogen-bond acceptors (Lipinski definition) is 3. The van der Waals surface area contributed by atoms with E-state index in [0.29, 0.717) is 31.8 Å². The molecule has 1 amide bonds. The molecule has 1 aromatic rings. The van der Waals surface area contributed by atoms with Crippen molar-refractivity contribution >= 4 is 5.91 Å². The van der Waals surface area contributed by atoms with Gasteiger partial charge in [-0.15, -0.1) is 0 Å². The number of rotatable bonds is 5. The van der Waals surface area contributed by atoms with Crippen LogP contribution in [-0.4, -0.2) is 43.6 Å². The molecular weight excluding hydrogens is 271 g/mol. The van der Waals surface area contributed by atoms with Gasteiger partial charge in [0, 0.05) is 12.1 Å². The van der Waals surface area contributed by atoms with Crippen LogP contribution < -0.4 is 5.32 Å². The summed E-state index contributed by atoms with van der Waals surface area (Å²) >= 11 is 0. The molecule has 1 heterocycles. The van der Waals surface area contributed by atoms with Gasteiger partial charge in [0.25, 0.3) is 0 Å². The summed E-state index contributed by atoms with van der Waals surface area (Å²) in [5.74, 6) is 0.553. The summed E-state index contributed by atoms with van der Waals surface area (Å²) in [6, 6.07) is 6.60. The highest BCUT2D eigenvalue weighted by Crippen LogP contribution is 2.27. The van der Waals surface area contributed by atoms with Gasteiger partial charge in [0.15, 0.2) is 0 Å². The lowest BCUT2D eigenvalue weighted by Gasteiger charge is -2.33. The zero-order chi connectivity index (χ0) is 14.7. The van der Waals surface area contributed by atoms with Gasteiger partial charge in [0.05, 0.1) is 19.7 Å². The summed E-state index contributed by atoms with van der Waals surface area (Å²) in [5.41, 5.74) is 0.529. The smallest absolute Gasteiger partial charge is 0.236 e. The number of carbonyl (C=O) groups excluding carboxylic acids is 1. The Morgan fingerprint density at radius 2 is 2.19 bits per heavy atom. The molecule has 3 rings (SSSR count). The van der Waals surface area contributed by atoms with Gasteiger partial charge in [-0.25, -0.2) is 4.39 Å². The Morgan fingerprint density at radius 1 is 1.38 bits per heavy atom. The van der Waals surface area contributed by atoms with Gasteiger partial charge in [-0.2, -0.15) is 0 Å². The molecule has 0 aromatic heterocycles. The molecule has 0 radical (unpaired) electrons. The minimum absolute atomic E-state index is 0.0697. The van der Waals surface area contributed by atoms with E-state index in [1.54, 1.807) is 23.1 Å². The highest BCUT2D eigenvalue weighted by molar-refractivity contribution is 5.78. The Balaban J connectivity index is 1.54. The Kier molecular flexibility index (Phi) is 4.51. The Hall–Kier alpha value is -1.46. The normalized spacial score (nSPS) is 22.3. The number of nitrogens with one attached hydrogen (secondary N) is 1. The first-order valence-electron chi connectivity index (χ1n) is 7.58. The average Bonchev–Trinajstić information content (AvgIpc) is 3.32. The second-order valence-corrected chi connectivity index (χ2v) is 5.79. The van der Waals surface area contributed by atoms with Crippen LogP contribution in [0.1, 0.15) is 24.5 Å². The van der Waals surface area contributed by atoms with E-state index in [9.17, 15) is 9.18 Å². The topological polar surface area (TPSA) is 41.6 Å². The van der Waals surface area contributed by atoms with Crippen molar-refractivity contribution in [1.82, 2.24) is 10.2 Å². The van der Waals surface area contributed by atoms with Crippen molar-refractivity contribution in [2.24, 2.45) is 5.92 Å². The molecule has 0 spiro atoms. The van der Waals surface area contributed by atoms with Gasteiger partial charge in [-0.05, 0) is 31.4 Å². The number of hydrogen-bond donors (Lipinski definition) is 1. The van der Waals surface area contributed by atoms with Crippen molar-refractivity contribution in [1.29, 1.82) is 0 Å². The predicted molar refractivity (Wildman–Crippen MR) is 77.3 cm³/mol. The van der Waals surface area contributed by atoms with Crippen molar-refractivity contribution in [3.8, 4) is 0 Å². The molecule has 4 nitrogen and oxygen atoms in total. The van der Waals surface area contributed by atoms with E-state index in [4.69, 9.17) is 4.74 Å². The van der Waals surface area contributed by atoms with Gasteiger partial charge in [0.2, 0.25) is 5.91 Å². The molecule has 2 fully saturated rings. The summed E-state index contributed by atoms with van der Waals surface area (Å²) in [6.07, 6.45) is 2.18. The van der Waals surface area contributed by atoms with E-state index in [2.05, 4.69) is 5.32 Å². The van der Waals surface area contributed by atoms with Crippen LogP contribution in [0.5, 0.6) is 0 Å². The molecule has 1 atom stereocenters. The number of nitrogens with zero attached hydrogens (tertiary/aromatic N) is 1. The molecule has 1 saturated carbocycles. The highest BCUT2D eigenvalue weighted by atomic mass is 19.1. The number of carbonyl (C=O) groups is 1. The molecule has 1 unspecified atom stereocenters. The quantitative estimate of drug-likeness (QED) is 0.898. The molecule has 1 aromatic carbocycles. The zero-order valence-electron chi connectivity index (χ0n) is 12.1. The fourth-order valence-electron chi connectivity index (χ4n) is 2.62. The first-order chi connectivity index (χ1) is 10.2. The number of halogens is 1. The lowest BCUT2D eigenvalue weighted by atomic mass is 10.1. The molecule has 1 aliphatic carbocycles. The van der Waals surface area contributed by atoms with Crippen molar-refractivity contribution in [3.05, 3.63) is 35.6 Å². The lowest BCUT2D eigenvalue weighted by molar-refractivity contribution is -0.138. The van der Waals surface area contributed by atoms with Gasteiger partial charge in [-0.3, -0.25) is 4.79 Å². The van der Waals surface area contributed by atoms with Gasteiger partial charge in [-0.1, -0.05) is 18.2 Å². The molecule has 0 bridgehead atoms. The fourth-order valence-corrected chi connectivity index (χ4v) is 2.62. The highest BCUT2D eigenvalue weighted by Gasteiger charge is 2.27. The first kappa shape index (κ1) is 14.5. The SMILES string of the molecule is O=C(CNCC1CC1)N1CCOC(c2ccccc2F)C1. The van der Waals surface area contributed by atoms with E-state index >= 15 is 0 Å². The monoisotopic (exact) mass is 292 g/mol. The molecular formula is C16H21FN2O2. The summed E-state index contributed by atoms with van der Waals surface area (Å²) in [6.45, 7) is 2.74. The van der Waals surface area contributed by atoms with Crippen LogP contribution in [0.15, 0.2) is 24.3 Å². The first-order valence-corrected chi connectivity index (χ1v) is 7.58. The minimum Gasteiger partial charge on any atom is -0.370 e. The van der Waals surface area contributed by atoms with Crippen LogP contribution in [0.3, 0.4) is 0 Å². The summed E-state index contributed by atoms with van der Waals surface area (Å²) in [5, 5.41) is 3.20. The van der Waals surface area contributed by atoms with Crippen LogP contribution >= 0.6 is 0 Å². The summed E-state index contributed by atoms with van der Waals surface area (Å²) < 4.78 is 19.4. The van der Waals surface area contributed by atoms with Crippen molar-refractivity contribution in [2.45, 2.75) is 18.9 Å². The van der Waals surface area contributed by atoms with E-state index in [0.717, 1.165) is 12.5 Å². The number of benzene rings is 1. The van der Waals surface area contributed by atoms with E-state index in [1.165, 1.54) is 18.9 Å². The summed E-state index contributed by atoms with van der Waals surface area (Å²) in [4.78, 5) is 13.9. The van der Waals surface area contributed by atoms with Gasteiger partial charge in [0.1, 0.15) is 11.9 Å². The van der Waals surface area contributed by atoms with E-state index in [-0.39, 0.29) is 17.8 Å². The van der Waals surface area contributed by atoms with Crippen LogP contribution in [-0.2, 0) is 9.53 Å². The van der Waals surface area contributed by atoms with Crippen LogP contribution in [0.25, 0.3) is 0 Å². The number of amides is 1. The second kappa shape index (κ2) is 6.54. The fraction of sp³-hybridized carbons (Fsp3) is 0.562.